The van der Waals surface area contributed by atoms with Crippen LogP contribution in [-0.2, 0) is 57.5 Å². The normalized spacial score (nSPS) is 14.1. The van der Waals surface area contributed by atoms with Crippen molar-refractivity contribution in [2.75, 3.05) is 32.8 Å². The molecule has 61 heavy (non-hydrogen) atoms. The molecule has 0 saturated carbocycles. The third kappa shape index (κ3) is 23.0. The number of rotatable bonds is 31. The number of carbonyl (C=O) groups excluding carboxylic acids is 9. The molecular weight excluding hydrogens is 822 g/mol. The Balaban J connectivity index is 5.55. The average Bonchev–Trinajstić information content (AvgIpc) is 3.19. The molecule has 0 aromatic carbocycles. The second-order valence-corrected chi connectivity index (χ2v) is 13.2. The van der Waals surface area contributed by atoms with Crippen molar-refractivity contribution in [2.24, 2.45) is 17.2 Å². The summed E-state index contributed by atoms with van der Waals surface area (Å²) in [5.74, 6) is -13.6. The summed E-state index contributed by atoms with van der Waals surface area (Å²) in [6.07, 6.45) is -1.87. The van der Waals surface area contributed by atoms with Crippen molar-refractivity contribution in [3.05, 3.63) is 0 Å². The summed E-state index contributed by atoms with van der Waals surface area (Å²) >= 11 is 0. The second-order valence-electron chi connectivity index (χ2n) is 13.2. The molecule has 7 atom stereocenters. The average molecular weight is 878 g/mol. The summed E-state index contributed by atoms with van der Waals surface area (Å²) in [4.78, 5) is 146. The first-order valence-electron chi connectivity index (χ1n) is 18.5. The summed E-state index contributed by atoms with van der Waals surface area (Å²) in [5.41, 5.74) is 16.4. The minimum atomic E-state index is -1.89. The highest BCUT2D eigenvalue weighted by molar-refractivity contribution is 5.97. The molecule has 28 nitrogen and oxygen atoms in total. The van der Waals surface area contributed by atoms with Crippen LogP contribution in [-0.4, -0.2) is 172 Å². The fraction of sp³-hybridized carbons (Fsp3) is 0.636. The quantitative estimate of drug-likeness (QED) is 0.0288. The molecule has 0 radical (unpaired) electrons. The minimum Gasteiger partial charge on any atom is -0.481 e. The van der Waals surface area contributed by atoms with Gasteiger partial charge in [-0.25, -0.2) is 4.79 Å². The van der Waals surface area contributed by atoms with E-state index in [9.17, 15) is 67.7 Å². The molecule has 0 heterocycles. The molecule has 0 aliphatic carbocycles. The highest BCUT2D eigenvalue weighted by Crippen LogP contribution is 2.05. The van der Waals surface area contributed by atoms with Gasteiger partial charge in [0.05, 0.1) is 38.8 Å². The van der Waals surface area contributed by atoms with Gasteiger partial charge in [-0.05, 0) is 45.6 Å². The number of aliphatic hydroxyl groups excluding tert-OH is 2. The van der Waals surface area contributed by atoms with Gasteiger partial charge >= 0.3 is 17.9 Å². The molecule has 0 saturated heterocycles. The number of hydrogen-bond donors (Lipinski definition) is 16. The Kier molecular flexibility index (Phi) is 25.7. The van der Waals surface area contributed by atoms with Crippen molar-refractivity contribution < 1.29 is 83.1 Å². The summed E-state index contributed by atoms with van der Waals surface area (Å²) in [6.45, 7) is -2.30. The highest BCUT2D eigenvalue weighted by Gasteiger charge is 2.32. The number of amides is 9. The Hall–Kier alpha value is -6.52. The first-order valence-corrected chi connectivity index (χ1v) is 18.5. The van der Waals surface area contributed by atoms with Crippen molar-refractivity contribution in [1.82, 2.24) is 42.5 Å². The van der Waals surface area contributed by atoms with E-state index in [0.717, 1.165) is 0 Å². The van der Waals surface area contributed by atoms with Gasteiger partial charge < -0.3 is 85.3 Å². The van der Waals surface area contributed by atoms with Crippen LogP contribution in [0.2, 0.25) is 0 Å². The Morgan fingerprint density at radius 1 is 0.525 bits per heavy atom. The summed E-state index contributed by atoms with van der Waals surface area (Å²) in [7, 11) is 0. The largest absolute Gasteiger partial charge is 0.481 e. The number of aliphatic hydroxyl groups is 2. The second kappa shape index (κ2) is 28.8. The van der Waals surface area contributed by atoms with E-state index >= 15 is 0 Å². The van der Waals surface area contributed by atoms with E-state index in [0.29, 0.717) is 12.8 Å². The van der Waals surface area contributed by atoms with Crippen LogP contribution in [0.4, 0.5) is 0 Å². The van der Waals surface area contributed by atoms with E-state index < -0.39 is 165 Å². The zero-order chi connectivity index (χ0) is 46.8. The molecule has 0 fully saturated rings. The van der Waals surface area contributed by atoms with E-state index in [1.807, 2.05) is 10.6 Å². The Labute approximate surface area is 347 Å². The van der Waals surface area contributed by atoms with Crippen LogP contribution < -0.4 is 59.7 Å². The number of primary amides is 1. The molecule has 0 aromatic rings. The first-order chi connectivity index (χ1) is 28.6. The zero-order valence-electron chi connectivity index (χ0n) is 33.1. The van der Waals surface area contributed by atoms with Crippen LogP contribution in [0.3, 0.4) is 0 Å². The smallest absolute Gasteiger partial charge is 0.326 e. The van der Waals surface area contributed by atoms with E-state index in [-0.39, 0.29) is 19.4 Å². The SMILES string of the molecule is CC(NC(=O)C(N)CCC(=O)O)C(=O)NC(CCCCN)C(=O)NC(CO)C(=O)NC(CCC(N)=O)C(=O)NCC(=O)NCC(=O)NC(CO)C(=O)NC(CC(=O)O)C(=O)O. The summed E-state index contributed by atoms with van der Waals surface area (Å²) in [5, 5.41) is 63.2. The number of aliphatic carboxylic acids is 3. The third-order valence-electron chi connectivity index (χ3n) is 8.16. The van der Waals surface area contributed by atoms with Crippen LogP contribution in [0.15, 0.2) is 0 Å². The maximum absolute atomic E-state index is 13.3. The van der Waals surface area contributed by atoms with Crippen molar-refractivity contribution in [1.29, 1.82) is 0 Å². The van der Waals surface area contributed by atoms with Crippen LogP contribution in [0.5, 0.6) is 0 Å². The van der Waals surface area contributed by atoms with Crippen LogP contribution >= 0.6 is 0 Å². The standard InChI is InChI=1S/C33H55N11O17/c1-15(39-28(55)16(35)5-8-25(50)51)27(54)41-17(4-2-3-9-34)30(57)44-21(14-46)32(59)42-18(6-7-22(36)47)29(56)38-11-23(48)37-12-24(49)40-20(13-45)31(58)43-19(33(60)61)10-26(52)53/h15-21,45-46H,2-14,34-35H2,1H3,(H2,36,47)(H,37,48)(H,38,56)(H,39,55)(H,40,49)(H,41,54)(H,42,59)(H,43,58)(H,44,57)(H,50,51)(H,52,53)(H,60,61). The van der Waals surface area contributed by atoms with Gasteiger partial charge in [0.25, 0.3) is 0 Å². The van der Waals surface area contributed by atoms with Crippen LogP contribution in [0.25, 0.3) is 0 Å². The summed E-state index contributed by atoms with van der Waals surface area (Å²) < 4.78 is 0. The Morgan fingerprint density at radius 2 is 1.03 bits per heavy atom. The lowest BCUT2D eigenvalue weighted by molar-refractivity contribution is -0.147. The van der Waals surface area contributed by atoms with Crippen molar-refractivity contribution in [3.63, 3.8) is 0 Å². The number of nitrogens with two attached hydrogens (primary N) is 3. The lowest BCUT2D eigenvalue weighted by atomic mass is 10.1. The van der Waals surface area contributed by atoms with Crippen LogP contribution in [0.1, 0.15) is 58.3 Å². The summed E-state index contributed by atoms with van der Waals surface area (Å²) in [6, 6.07) is -10.9. The zero-order valence-corrected chi connectivity index (χ0v) is 33.1. The molecule has 9 amide bonds. The van der Waals surface area contributed by atoms with Gasteiger partial charge in [-0.1, -0.05) is 0 Å². The molecule has 7 unspecified atom stereocenters. The fourth-order valence-corrected chi connectivity index (χ4v) is 4.77. The molecule has 0 rings (SSSR count). The van der Waals surface area contributed by atoms with Gasteiger partial charge in [0, 0.05) is 12.8 Å². The molecule has 0 aromatic heterocycles. The van der Waals surface area contributed by atoms with Gasteiger partial charge in [0.15, 0.2) is 0 Å². The van der Waals surface area contributed by atoms with E-state index in [1.54, 1.807) is 0 Å². The third-order valence-corrected chi connectivity index (χ3v) is 8.16. The van der Waals surface area contributed by atoms with Crippen molar-refractivity contribution in [3.8, 4) is 0 Å². The molecule has 0 bridgehead atoms. The lowest BCUT2D eigenvalue weighted by Gasteiger charge is -2.25. The van der Waals surface area contributed by atoms with Gasteiger partial charge in [-0.15, -0.1) is 0 Å². The molecule has 28 heteroatoms. The Morgan fingerprint density at radius 3 is 1.56 bits per heavy atom. The maximum Gasteiger partial charge on any atom is 0.326 e. The molecule has 0 aliphatic rings. The first kappa shape index (κ1) is 54.5. The number of hydrogen-bond acceptors (Lipinski definition) is 16. The van der Waals surface area contributed by atoms with Gasteiger partial charge in [-0.3, -0.25) is 52.7 Å². The predicted molar refractivity (Wildman–Crippen MR) is 204 cm³/mol. The molecule has 19 N–H and O–H groups in total. The molecular formula is C33H55N11O17. The van der Waals surface area contributed by atoms with E-state index in [4.69, 9.17) is 32.5 Å². The number of carboxylic acid groups (broad SMARTS) is 3. The number of unbranched alkanes of at least 4 members (excludes halogenated alkanes) is 1. The van der Waals surface area contributed by atoms with E-state index in [1.165, 1.54) is 6.92 Å². The highest BCUT2D eigenvalue weighted by atomic mass is 16.4. The van der Waals surface area contributed by atoms with E-state index in [2.05, 4.69) is 31.9 Å². The maximum atomic E-state index is 13.3. The minimum absolute atomic E-state index is 0.0279. The molecule has 0 spiro atoms. The van der Waals surface area contributed by atoms with Gasteiger partial charge in [0.2, 0.25) is 53.2 Å². The van der Waals surface area contributed by atoms with Crippen molar-refractivity contribution in [2.45, 2.75) is 101 Å². The molecule has 0 aliphatic heterocycles. The van der Waals surface area contributed by atoms with Crippen molar-refractivity contribution >= 4 is 71.1 Å². The Bertz CT molecular complexity index is 1600. The topological polar surface area (TPSA) is 480 Å². The number of carboxylic acids is 3. The predicted octanol–water partition coefficient (Wildman–Crippen LogP) is -8.72. The monoisotopic (exact) mass is 877 g/mol. The van der Waals surface area contributed by atoms with Gasteiger partial charge in [-0.2, -0.15) is 0 Å². The number of carbonyl (C=O) groups is 12. The lowest BCUT2D eigenvalue weighted by Crippen LogP contribution is -2.59. The fourth-order valence-electron chi connectivity index (χ4n) is 4.77. The van der Waals surface area contributed by atoms with Crippen LogP contribution in [0, 0.1) is 0 Å². The number of nitrogens with one attached hydrogen (secondary N) is 8. The van der Waals surface area contributed by atoms with Gasteiger partial charge in [0.1, 0.15) is 36.3 Å². The molecule has 344 valence electrons.